The van der Waals surface area contributed by atoms with E-state index in [-0.39, 0.29) is 11.8 Å². The van der Waals surface area contributed by atoms with Crippen molar-refractivity contribution in [3.05, 3.63) is 59.7 Å². The molecular weight excluding hydrogens is 380 g/mol. The van der Waals surface area contributed by atoms with Crippen LogP contribution in [0.4, 0.5) is 0 Å². The monoisotopic (exact) mass is 412 g/mol. The zero-order valence-electron chi connectivity index (χ0n) is 18.2. The van der Waals surface area contributed by atoms with Crippen LogP contribution in [0.15, 0.2) is 48.5 Å². The van der Waals surface area contributed by atoms with Crippen LogP contribution >= 0.6 is 0 Å². The average molecular weight is 413 g/mol. The van der Waals surface area contributed by atoms with Crippen molar-refractivity contribution in [2.45, 2.75) is 27.7 Å². The number of rotatable bonds is 11. The molecule has 2 aromatic carbocycles. The van der Waals surface area contributed by atoms with Crippen molar-refractivity contribution in [1.29, 1.82) is 0 Å². The maximum Gasteiger partial charge on any atom is 0.251 e. The Balaban J connectivity index is 1.71. The van der Waals surface area contributed by atoms with Crippen molar-refractivity contribution in [3.63, 3.8) is 0 Å². The van der Waals surface area contributed by atoms with Crippen LogP contribution in [0.5, 0.6) is 11.5 Å². The molecule has 0 saturated carbocycles. The van der Waals surface area contributed by atoms with E-state index in [1.54, 1.807) is 48.5 Å². The molecule has 6 nitrogen and oxygen atoms in total. The zero-order valence-corrected chi connectivity index (χ0v) is 18.2. The van der Waals surface area contributed by atoms with Crippen molar-refractivity contribution in [3.8, 4) is 11.5 Å². The first-order valence-electron chi connectivity index (χ1n) is 10.4. The molecule has 0 heterocycles. The molecule has 0 spiro atoms. The lowest BCUT2D eigenvalue weighted by Crippen LogP contribution is -2.34. The molecule has 0 aliphatic heterocycles. The molecule has 2 rings (SSSR count). The van der Waals surface area contributed by atoms with Gasteiger partial charge in [0.15, 0.2) is 0 Å². The summed E-state index contributed by atoms with van der Waals surface area (Å²) in [6.45, 7) is 10.3. The SMILES string of the molecule is CC(C)COc1ccc(C(=O)NCCNC(=O)c2ccc(OCC(C)C)cc2)cc1. The number of amides is 2. The topological polar surface area (TPSA) is 76.7 Å². The largest absolute Gasteiger partial charge is 0.493 e. The molecule has 0 atom stereocenters. The quantitative estimate of drug-likeness (QED) is 0.549. The summed E-state index contributed by atoms with van der Waals surface area (Å²) in [5, 5.41) is 5.59. The fourth-order valence-electron chi connectivity index (χ4n) is 2.49. The number of nitrogens with one attached hydrogen (secondary N) is 2. The standard InChI is InChI=1S/C24H32N2O4/c1-17(2)15-29-21-9-5-19(6-10-21)23(27)25-13-14-26-24(28)20-7-11-22(12-8-20)30-16-18(3)4/h5-12,17-18H,13-16H2,1-4H3,(H,25,27)(H,26,28). The molecule has 2 N–H and O–H groups in total. The molecule has 162 valence electrons. The zero-order chi connectivity index (χ0) is 21.9. The molecule has 0 aliphatic rings. The van der Waals surface area contributed by atoms with Crippen molar-refractivity contribution >= 4 is 11.8 Å². The second kappa shape index (κ2) is 11.9. The molecule has 0 saturated heterocycles. The molecule has 0 radical (unpaired) electrons. The van der Waals surface area contributed by atoms with Crippen molar-refractivity contribution in [2.24, 2.45) is 11.8 Å². The van der Waals surface area contributed by atoms with Gasteiger partial charge in [-0.15, -0.1) is 0 Å². The van der Waals surface area contributed by atoms with E-state index in [4.69, 9.17) is 9.47 Å². The maximum atomic E-state index is 12.2. The predicted molar refractivity (Wildman–Crippen MR) is 118 cm³/mol. The second-order valence-corrected chi connectivity index (χ2v) is 7.97. The smallest absolute Gasteiger partial charge is 0.251 e. The van der Waals surface area contributed by atoms with E-state index in [1.165, 1.54) is 0 Å². The third kappa shape index (κ3) is 8.15. The third-order valence-corrected chi connectivity index (χ3v) is 4.10. The van der Waals surface area contributed by atoms with Gasteiger partial charge < -0.3 is 20.1 Å². The van der Waals surface area contributed by atoms with Gasteiger partial charge >= 0.3 is 0 Å². The van der Waals surface area contributed by atoms with E-state index < -0.39 is 0 Å². The van der Waals surface area contributed by atoms with Gasteiger partial charge in [0.05, 0.1) is 13.2 Å². The van der Waals surface area contributed by atoms with E-state index in [0.29, 0.717) is 49.3 Å². The summed E-state index contributed by atoms with van der Waals surface area (Å²) in [4.78, 5) is 24.4. The molecule has 2 amide bonds. The Hall–Kier alpha value is -3.02. The van der Waals surface area contributed by atoms with Crippen LogP contribution in [0.2, 0.25) is 0 Å². The van der Waals surface area contributed by atoms with E-state index >= 15 is 0 Å². The summed E-state index contributed by atoms with van der Waals surface area (Å²) in [5.41, 5.74) is 1.10. The van der Waals surface area contributed by atoms with E-state index in [9.17, 15) is 9.59 Å². The fourth-order valence-corrected chi connectivity index (χ4v) is 2.49. The van der Waals surface area contributed by atoms with Crippen LogP contribution in [-0.4, -0.2) is 38.1 Å². The highest BCUT2D eigenvalue weighted by Crippen LogP contribution is 2.14. The van der Waals surface area contributed by atoms with Gasteiger partial charge in [0.2, 0.25) is 0 Å². The number of carbonyl (C=O) groups excluding carboxylic acids is 2. The second-order valence-electron chi connectivity index (χ2n) is 7.97. The van der Waals surface area contributed by atoms with Crippen LogP contribution in [0.3, 0.4) is 0 Å². The van der Waals surface area contributed by atoms with Crippen molar-refractivity contribution < 1.29 is 19.1 Å². The van der Waals surface area contributed by atoms with Gasteiger partial charge in [-0.25, -0.2) is 0 Å². The first-order chi connectivity index (χ1) is 14.3. The highest BCUT2D eigenvalue weighted by molar-refractivity contribution is 5.95. The lowest BCUT2D eigenvalue weighted by molar-refractivity contribution is 0.0927. The molecule has 30 heavy (non-hydrogen) atoms. The molecular formula is C24H32N2O4. The number of ether oxygens (including phenoxy) is 2. The Labute approximate surface area is 179 Å². The molecule has 0 aliphatic carbocycles. The van der Waals surface area contributed by atoms with Crippen LogP contribution < -0.4 is 20.1 Å². The summed E-state index contributed by atoms with van der Waals surface area (Å²) in [5.74, 6) is 2.00. The minimum Gasteiger partial charge on any atom is -0.493 e. The van der Waals surface area contributed by atoms with E-state index in [0.717, 1.165) is 11.5 Å². The fraction of sp³-hybridized carbons (Fsp3) is 0.417. The lowest BCUT2D eigenvalue weighted by Gasteiger charge is -2.10. The van der Waals surface area contributed by atoms with Crippen LogP contribution in [-0.2, 0) is 0 Å². The van der Waals surface area contributed by atoms with Crippen LogP contribution in [0.1, 0.15) is 48.4 Å². The first-order valence-corrected chi connectivity index (χ1v) is 10.4. The number of hydrogen-bond donors (Lipinski definition) is 2. The van der Waals surface area contributed by atoms with Gasteiger partial charge in [-0.3, -0.25) is 9.59 Å². The van der Waals surface area contributed by atoms with Gasteiger partial charge in [0.25, 0.3) is 11.8 Å². The van der Waals surface area contributed by atoms with Gasteiger partial charge in [0, 0.05) is 24.2 Å². The summed E-state index contributed by atoms with van der Waals surface area (Å²) in [6.07, 6.45) is 0. The summed E-state index contributed by atoms with van der Waals surface area (Å²) >= 11 is 0. The summed E-state index contributed by atoms with van der Waals surface area (Å²) in [6, 6.07) is 14.1. The molecule has 0 bridgehead atoms. The Bertz CT molecular complexity index is 729. The minimum absolute atomic E-state index is 0.189. The molecule has 6 heteroatoms. The van der Waals surface area contributed by atoms with E-state index in [1.807, 2.05) is 0 Å². The number of benzene rings is 2. The van der Waals surface area contributed by atoms with Gasteiger partial charge in [-0.05, 0) is 60.4 Å². The van der Waals surface area contributed by atoms with Gasteiger partial charge in [-0.1, -0.05) is 27.7 Å². The number of hydrogen-bond acceptors (Lipinski definition) is 4. The molecule has 2 aromatic rings. The Kier molecular flexibility index (Phi) is 9.19. The third-order valence-electron chi connectivity index (χ3n) is 4.10. The summed E-state index contributed by atoms with van der Waals surface area (Å²) < 4.78 is 11.2. The van der Waals surface area contributed by atoms with Crippen molar-refractivity contribution in [2.75, 3.05) is 26.3 Å². The van der Waals surface area contributed by atoms with E-state index in [2.05, 4.69) is 38.3 Å². The van der Waals surface area contributed by atoms with Crippen LogP contribution in [0.25, 0.3) is 0 Å². The first kappa shape index (κ1) is 23.3. The molecule has 0 aromatic heterocycles. The Morgan fingerprint density at radius 3 is 1.30 bits per heavy atom. The molecule has 0 fully saturated rings. The highest BCUT2D eigenvalue weighted by Gasteiger charge is 2.08. The normalized spacial score (nSPS) is 10.7. The van der Waals surface area contributed by atoms with Gasteiger partial charge in [0.1, 0.15) is 11.5 Å². The number of carbonyl (C=O) groups is 2. The predicted octanol–water partition coefficient (Wildman–Crippen LogP) is 3.92. The molecule has 0 unspecified atom stereocenters. The van der Waals surface area contributed by atoms with Gasteiger partial charge in [-0.2, -0.15) is 0 Å². The van der Waals surface area contributed by atoms with Crippen LogP contribution in [0, 0.1) is 11.8 Å². The minimum atomic E-state index is -0.189. The highest BCUT2D eigenvalue weighted by atomic mass is 16.5. The Morgan fingerprint density at radius 1 is 0.667 bits per heavy atom. The lowest BCUT2D eigenvalue weighted by atomic mass is 10.2. The average Bonchev–Trinajstić information content (AvgIpc) is 2.74. The van der Waals surface area contributed by atoms with Crippen molar-refractivity contribution in [1.82, 2.24) is 10.6 Å². The summed E-state index contributed by atoms with van der Waals surface area (Å²) in [7, 11) is 0. The maximum absolute atomic E-state index is 12.2. The Morgan fingerprint density at radius 2 is 1.00 bits per heavy atom.